The zero-order chi connectivity index (χ0) is 52.7. The average molecular weight is 1170 g/mol. The van der Waals surface area contributed by atoms with E-state index in [1.807, 2.05) is 18.2 Å². The molecule has 78 heavy (non-hydrogen) atoms. The van der Waals surface area contributed by atoms with Crippen LogP contribution in [0, 0.1) is 0 Å². The minimum atomic E-state index is -4.31. The van der Waals surface area contributed by atoms with Crippen LogP contribution < -0.4 is 0 Å². The number of hydrogen-bond donors (Lipinski definition) is 0. The first kappa shape index (κ1) is 63.0. The predicted octanol–water partition coefficient (Wildman–Crippen LogP) is 13.0. The highest BCUT2D eigenvalue weighted by Crippen LogP contribution is 2.37. The number of fused-ring (bicyclic) bond motifs is 1. The minimum Gasteiger partial charge on any atom is -0.379 e. The number of rotatable bonds is 15. The van der Waals surface area contributed by atoms with Crippen LogP contribution in [0.4, 0.5) is 13.2 Å². The predicted molar refractivity (Wildman–Crippen MR) is 308 cm³/mol. The van der Waals surface area contributed by atoms with E-state index in [0.717, 1.165) is 129 Å². The summed E-state index contributed by atoms with van der Waals surface area (Å²) in [4.78, 5) is 18.9. The number of likely N-dealkylation sites (tertiary alicyclic amines) is 2. The maximum Gasteiger partial charge on any atom is 0.416 e. The molecule has 4 aromatic rings. The monoisotopic (exact) mass is 1170 g/mol. The van der Waals surface area contributed by atoms with E-state index >= 15 is 0 Å². The summed E-state index contributed by atoms with van der Waals surface area (Å²) in [6.45, 7) is 10.0. The van der Waals surface area contributed by atoms with Crippen molar-refractivity contribution in [2.45, 2.75) is 158 Å². The van der Waals surface area contributed by atoms with Crippen molar-refractivity contribution >= 4 is 64.6 Å². The Morgan fingerprint density at radius 3 is 1.69 bits per heavy atom. The zero-order valence-corrected chi connectivity index (χ0v) is 48.3. The first-order valence-corrected chi connectivity index (χ1v) is 29.3. The molecule has 4 aliphatic heterocycles. The van der Waals surface area contributed by atoms with Crippen molar-refractivity contribution in [1.82, 2.24) is 14.7 Å². The summed E-state index contributed by atoms with van der Waals surface area (Å²) in [6.07, 6.45) is 14.1. The summed E-state index contributed by atoms with van der Waals surface area (Å²) in [7, 11) is 0. The number of hydrogen-bond acceptors (Lipinski definition) is 10. The molecule has 11 rings (SSSR count). The van der Waals surface area contributed by atoms with E-state index in [0.29, 0.717) is 78.2 Å². The number of morpholine rings is 1. The van der Waals surface area contributed by atoms with Crippen LogP contribution in [0.2, 0.25) is 10.0 Å². The Balaban J connectivity index is 0.000000168. The molecule has 4 saturated heterocycles. The summed E-state index contributed by atoms with van der Waals surface area (Å²) in [6, 6.07) is 27.9. The van der Waals surface area contributed by atoms with Crippen molar-refractivity contribution in [3.8, 4) is 0 Å². The molecule has 432 valence electrons. The van der Waals surface area contributed by atoms with E-state index < -0.39 is 11.7 Å². The second-order valence-electron chi connectivity index (χ2n) is 21.8. The Morgan fingerprint density at radius 2 is 1.08 bits per heavy atom. The molecule has 7 fully saturated rings. The van der Waals surface area contributed by atoms with Crippen molar-refractivity contribution in [3.05, 3.63) is 117 Å². The van der Waals surface area contributed by atoms with Crippen LogP contribution in [0.5, 0.6) is 0 Å². The molecule has 0 radical (unpaired) electrons. The molecule has 6 atom stereocenters. The number of carbonyl (C=O) groups is 1. The molecule has 0 amide bonds. The number of ether oxygens (including phenoxy) is 6. The fourth-order valence-corrected chi connectivity index (χ4v) is 13.5. The molecule has 3 saturated carbocycles. The largest absolute Gasteiger partial charge is 0.416 e. The van der Waals surface area contributed by atoms with E-state index in [1.54, 1.807) is 12.1 Å². The molecule has 7 aliphatic rings. The van der Waals surface area contributed by atoms with E-state index in [9.17, 15) is 18.0 Å². The quantitative estimate of drug-likeness (QED) is 0.115. The van der Waals surface area contributed by atoms with Gasteiger partial charge in [0.1, 0.15) is 5.78 Å². The smallest absolute Gasteiger partial charge is 0.379 e. The van der Waals surface area contributed by atoms with E-state index in [4.69, 9.17) is 51.6 Å². The maximum absolute atomic E-state index is 13.1. The van der Waals surface area contributed by atoms with Crippen molar-refractivity contribution in [1.29, 1.82) is 0 Å². The van der Waals surface area contributed by atoms with Gasteiger partial charge in [0, 0.05) is 67.2 Å². The van der Waals surface area contributed by atoms with Gasteiger partial charge >= 0.3 is 6.18 Å². The minimum absolute atomic E-state index is 0. The number of carbonyl (C=O) groups excluding carboxylic acids is 1. The van der Waals surface area contributed by atoms with Gasteiger partial charge in [-0.15, -0.1) is 24.8 Å². The van der Waals surface area contributed by atoms with E-state index in [1.165, 1.54) is 67.3 Å². The fourth-order valence-electron chi connectivity index (χ4n) is 13.0. The molecule has 0 aromatic heterocycles. The number of ketones is 1. The highest BCUT2D eigenvalue weighted by Gasteiger charge is 2.47. The van der Waals surface area contributed by atoms with Crippen LogP contribution in [0.1, 0.15) is 112 Å². The second-order valence-corrected chi connectivity index (χ2v) is 22.6. The third-order valence-corrected chi connectivity index (χ3v) is 17.6. The number of alkyl halides is 3. The van der Waals surface area contributed by atoms with Crippen LogP contribution in [0.15, 0.2) is 84.9 Å². The van der Waals surface area contributed by atoms with Crippen molar-refractivity contribution in [2.75, 3.05) is 85.5 Å². The molecule has 4 heterocycles. The van der Waals surface area contributed by atoms with Gasteiger partial charge in [0.25, 0.3) is 0 Å². The van der Waals surface area contributed by atoms with Crippen LogP contribution in [0.25, 0.3) is 10.8 Å². The Bertz CT molecular complexity index is 2420. The maximum atomic E-state index is 13.1. The molecular weight excluding hydrogens is 1090 g/mol. The van der Waals surface area contributed by atoms with Gasteiger partial charge in [-0.25, -0.2) is 0 Å². The van der Waals surface area contributed by atoms with Crippen molar-refractivity contribution < 1.29 is 46.4 Å². The van der Waals surface area contributed by atoms with Crippen molar-refractivity contribution in [2.24, 2.45) is 0 Å². The van der Waals surface area contributed by atoms with Crippen LogP contribution >= 0.6 is 48.0 Å². The Labute approximate surface area is 483 Å². The van der Waals surface area contributed by atoms with Gasteiger partial charge in [0.15, 0.2) is 5.79 Å². The summed E-state index contributed by atoms with van der Waals surface area (Å²) in [5.74, 6) is 0.0301. The molecule has 17 heteroatoms. The third-order valence-electron chi connectivity index (χ3n) is 16.9. The molecule has 0 bridgehead atoms. The lowest BCUT2D eigenvalue weighted by molar-refractivity contribution is -0.150. The lowest BCUT2D eigenvalue weighted by atomic mass is 9.91. The Kier molecular flexibility index (Phi) is 25.2. The normalized spacial score (nSPS) is 25.9. The SMILES string of the molecule is Cl.Cl.FC(F)(F)c1ccccc1CCO[C@H]1CCCC[C@H]1N1CCOCC1.O=C1CCN(C2CCCC[C@@H]2OCCc2c(Cl)cccc2Cl)C1.c1ccc2c(CCO[C@H]3CCCCC3N3CCC4(C3)OCCO4)cccc2c1. The highest BCUT2D eigenvalue weighted by molar-refractivity contribution is 6.36. The molecule has 3 aliphatic carbocycles. The van der Waals surface area contributed by atoms with Gasteiger partial charge in [0.2, 0.25) is 0 Å². The van der Waals surface area contributed by atoms with Gasteiger partial charge in [0.05, 0.1) is 83.2 Å². The average Bonchev–Trinajstić information content (AvgIpc) is 4.23. The molecule has 4 aromatic carbocycles. The summed E-state index contributed by atoms with van der Waals surface area (Å²) < 4.78 is 75.3. The molecule has 1 spiro atoms. The number of halogens is 7. The first-order valence-electron chi connectivity index (χ1n) is 28.5. The van der Waals surface area contributed by atoms with Gasteiger partial charge in [-0.2, -0.15) is 13.2 Å². The van der Waals surface area contributed by atoms with Gasteiger partial charge in [-0.1, -0.05) is 128 Å². The van der Waals surface area contributed by atoms with Crippen molar-refractivity contribution in [3.63, 3.8) is 0 Å². The van der Waals surface area contributed by atoms with Crippen LogP contribution in [-0.2, 0) is 58.7 Å². The first-order chi connectivity index (χ1) is 37.0. The third kappa shape index (κ3) is 17.2. The molecule has 0 N–H and O–H groups in total. The number of Topliss-reactive ketones (excluding diaryl/α,β-unsaturated/α-hetero) is 1. The fraction of sp³-hybridized carbons (Fsp3) is 0.623. The topological polar surface area (TPSA) is 82.2 Å². The lowest BCUT2D eigenvalue weighted by Crippen LogP contribution is -2.51. The molecular formula is C61H82Cl4F3N3O7. The highest BCUT2D eigenvalue weighted by atomic mass is 35.5. The van der Waals surface area contributed by atoms with Gasteiger partial charge in [-0.05, 0) is 103 Å². The zero-order valence-electron chi connectivity index (χ0n) is 45.2. The van der Waals surface area contributed by atoms with Gasteiger partial charge in [-0.3, -0.25) is 19.5 Å². The molecule has 2 unspecified atom stereocenters. The lowest BCUT2D eigenvalue weighted by Gasteiger charge is -2.41. The number of benzene rings is 4. The standard InChI is InChI=1S/C24H31NO3.C19H26F3NO2.C18H23Cl2NO2.2ClH/c1-2-9-21-19(6-1)7-5-8-20(21)12-15-26-23-11-4-3-10-22(23)25-14-13-24(18-25)27-16-17-28-24;20-19(21,22)16-6-2-1-5-15(16)9-12-25-18-8-4-3-7-17(18)23-10-13-24-14-11-23;19-15-4-3-5-16(20)14(15)9-11-23-18-7-2-1-6-17(18)21-10-8-13(22)12-21;;/h1-2,5-9,22-23H,3-4,10-18H2;1-2,5-6,17-18H,3-4,7-14H2;3-5,17-18H,1-2,6-12H2;2*1H/t22?,23-;17-,18+;17?,18-;;/m010../s1. The summed E-state index contributed by atoms with van der Waals surface area (Å²) in [5.41, 5.74) is 2.11. The summed E-state index contributed by atoms with van der Waals surface area (Å²) >= 11 is 12.4. The van der Waals surface area contributed by atoms with E-state index in [2.05, 4.69) is 57.2 Å². The summed E-state index contributed by atoms with van der Waals surface area (Å²) in [5, 5.41) is 4.07. The molecule has 10 nitrogen and oxygen atoms in total. The Hall–Kier alpha value is -2.60. The Morgan fingerprint density at radius 1 is 0.564 bits per heavy atom. The van der Waals surface area contributed by atoms with Crippen LogP contribution in [0.3, 0.4) is 0 Å². The van der Waals surface area contributed by atoms with Gasteiger partial charge < -0.3 is 28.4 Å². The van der Waals surface area contributed by atoms with E-state index in [-0.39, 0.29) is 42.8 Å². The number of nitrogens with zero attached hydrogens (tertiary/aromatic N) is 3. The second kappa shape index (κ2) is 31.2. The van der Waals surface area contributed by atoms with Crippen LogP contribution in [-0.4, -0.2) is 148 Å².